The number of amides is 1. The number of hydrogen-bond acceptors (Lipinski definition) is 5. The van der Waals surface area contributed by atoms with Crippen LogP contribution in [0.3, 0.4) is 0 Å². The average Bonchev–Trinajstić information content (AvgIpc) is 3.07. The van der Waals surface area contributed by atoms with Gasteiger partial charge in [-0.1, -0.05) is 29.8 Å². The summed E-state index contributed by atoms with van der Waals surface area (Å²) in [5.74, 6) is 0.139. The molecule has 0 saturated heterocycles. The van der Waals surface area contributed by atoms with Gasteiger partial charge < -0.3 is 9.30 Å². The van der Waals surface area contributed by atoms with Gasteiger partial charge in [0.1, 0.15) is 0 Å². The molecule has 2 N–H and O–H groups in total. The van der Waals surface area contributed by atoms with Crippen molar-refractivity contribution in [2.45, 2.75) is 45.1 Å². The van der Waals surface area contributed by atoms with Crippen LogP contribution in [0.25, 0.3) is 11.0 Å². The Kier molecular flexibility index (Phi) is 8.00. The fourth-order valence-corrected chi connectivity index (χ4v) is 4.79. The molecule has 0 fully saturated rings. The molecule has 3 rings (SSSR count). The second-order valence-corrected chi connectivity index (χ2v) is 9.33. The lowest BCUT2D eigenvalue weighted by Gasteiger charge is -2.11. The summed E-state index contributed by atoms with van der Waals surface area (Å²) in [6.07, 6.45) is 0.777. The summed E-state index contributed by atoms with van der Waals surface area (Å²) >= 11 is 0. The Morgan fingerprint density at radius 2 is 1.94 bits per heavy atom. The van der Waals surface area contributed by atoms with Gasteiger partial charge in [0.2, 0.25) is 21.9 Å². The molecule has 1 heterocycles. The number of anilines is 1. The van der Waals surface area contributed by atoms with Gasteiger partial charge >= 0.3 is 0 Å². The van der Waals surface area contributed by atoms with Crippen LogP contribution in [0.4, 0.5) is 5.95 Å². The fraction of sp³-hybridized carbons (Fsp3) is 0.391. The minimum atomic E-state index is -3.69. The Labute approximate surface area is 189 Å². The third-order valence-corrected chi connectivity index (χ3v) is 6.67. The number of hydrogen-bond donors (Lipinski definition) is 2. The van der Waals surface area contributed by atoms with Gasteiger partial charge in [-0.15, -0.1) is 0 Å². The molecule has 0 radical (unpaired) electrons. The van der Waals surface area contributed by atoms with Gasteiger partial charge in [0.15, 0.2) is 0 Å². The fourth-order valence-electron chi connectivity index (χ4n) is 3.53. The molecule has 32 heavy (non-hydrogen) atoms. The number of carbonyl (C=O) groups is 1. The van der Waals surface area contributed by atoms with Crippen LogP contribution in [0.5, 0.6) is 0 Å². The average molecular weight is 459 g/mol. The van der Waals surface area contributed by atoms with Gasteiger partial charge in [-0.25, -0.2) is 18.1 Å². The molecule has 172 valence electrons. The highest BCUT2D eigenvalue weighted by Gasteiger charge is 2.18. The summed E-state index contributed by atoms with van der Waals surface area (Å²) < 4.78 is 35.0. The normalized spacial score (nSPS) is 11.7. The summed E-state index contributed by atoms with van der Waals surface area (Å²) in [5.41, 5.74) is 3.37. The van der Waals surface area contributed by atoms with Crippen molar-refractivity contribution in [1.82, 2.24) is 14.3 Å². The Morgan fingerprint density at radius 1 is 1.16 bits per heavy atom. The Balaban J connectivity index is 1.63. The molecule has 0 aliphatic carbocycles. The zero-order valence-corrected chi connectivity index (χ0v) is 19.5. The van der Waals surface area contributed by atoms with Crippen LogP contribution in [-0.2, 0) is 26.1 Å². The van der Waals surface area contributed by atoms with Crippen LogP contribution in [0.2, 0.25) is 0 Å². The van der Waals surface area contributed by atoms with Crippen molar-refractivity contribution in [2.24, 2.45) is 0 Å². The second kappa shape index (κ2) is 10.7. The quantitative estimate of drug-likeness (QED) is 0.429. The Bertz CT molecular complexity index is 1190. The van der Waals surface area contributed by atoms with Crippen LogP contribution in [0.15, 0.2) is 47.4 Å². The minimum absolute atomic E-state index is 0.00765. The highest BCUT2D eigenvalue weighted by Crippen LogP contribution is 2.20. The van der Waals surface area contributed by atoms with Crippen molar-refractivity contribution in [3.8, 4) is 0 Å². The first kappa shape index (κ1) is 23.9. The Morgan fingerprint density at radius 3 is 2.69 bits per heavy atom. The SMILES string of the molecule is CCOCCCn1c(NC(=O)CCNS(=O)(=O)c2ccc(C)cc2C)nc2ccccc21. The number of rotatable bonds is 11. The predicted octanol–water partition coefficient (Wildman–Crippen LogP) is 3.39. The third kappa shape index (κ3) is 5.93. The van der Waals surface area contributed by atoms with Crippen LogP contribution >= 0.6 is 0 Å². The highest BCUT2D eigenvalue weighted by atomic mass is 32.2. The first-order valence-electron chi connectivity index (χ1n) is 10.7. The van der Waals surface area contributed by atoms with E-state index < -0.39 is 10.0 Å². The minimum Gasteiger partial charge on any atom is -0.382 e. The third-order valence-electron chi connectivity index (χ3n) is 5.04. The number of nitrogens with one attached hydrogen (secondary N) is 2. The second-order valence-electron chi connectivity index (χ2n) is 7.59. The molecule has 0 saturated carbocycles. The number of nitrogens with zero attached hydrogens (tertiary/aromatic N) is 2. The smallest absolute Gasteiger partial charge is 0.240 e. The van der Waals surface area contributed by atoms with E-state index >= 15 is 0 Å². The van der Waals surface area contributed by atoms with E-state index in [4.69, 9.17) is 4.74 Å². The van der Waals surface area contributed by atoms with E-state index in [-0.39, 0.29) is 23.8 Å². The van der Waals surface area contributed by atoms with E-state index in [1.807, 2.05) is 48.7 Å². The van der Waals surface area contributed by atoms with Gasteiger partial charge in [-0.3, -0.25) is 10.1 Å². The predicted molar refractivity (Wildman–Crippen MR) is 125 cm³/mol. The van der Waals surface area contributed by atoms with E-state index in [2.05, 4.69) is 15.0 Å². The number of aryl methyl sites for hydroxylation is 3. The number of aromatic nitrogens is 2. The molecule has 2 aromatic carbocycles. The maximum atomic E-state index is 12.6. The summed E-state index contributed by atoms with van der Waals surface area (Å²) in [7, 11) is -3.69. The number of para-hydroxylation sites is 2. The lowest BCUT2D eigenvalue weighted by atomic mass is 10.2. The van der Waals surface area contributed by atoms with Crippen molar-refractivity contribution >= 4 is 32.9 Å². The van der Waals surface area contributed by atoms with E-state index in [9.17, 15) is 13.2 Å². The molecule has 0 atom stereocenters. The molecule has 0 bridgehead atoms. The monoisotopic (exact) mass is 458 g/mol. The topological polar surface area (TPSA) is 102 Å². The highest BCUT2D eigenvalue weighted by molar-refractivity contribution is 7.89. The van der Waals surface area contributed by atoms with Crippen molar-refractivity contribution in [2.75, 3.05) is 25.1 Å². The molecule has 1 aromatic heterocycles. The van der Waals surface area contributed by atoms with Gasteiger partial charge in [0.05, 0.1) is 15.9 Å². The first-order chi connectivity index (χ1) is 15.3. The van der Waals surface area contributed by atoms with E-state index in [1.165, 1.54) is 0 Å². The van der Waals surface area contributed by atoms with Crippen molar-refractivity contribution in [3.63, 3.8) is 0 Å². The van der Waals surface area contributed by atoms with Crippen molar-refractivity contribution in [3.05, 3.63) is 53.6 Å². The molecule has 1 amide bonds. The van der Waals surface area contributed by atoms with Crippen LogP contribution < -0.4 is 10.0 Å². The number of fused-ring (bicyclic) bond motifs is 1. The largest absolute Gasteiger partial charge is 0.382 e. The van der Waals surface area contributed by atoms with E-state index in [0.717, 1.165) is 23.0 Å². The van der Waals surface area contributed by atoms with Gasteiger partial charge in [0.25, 0.3) is 0 Å². The van der Waals surface area contributed by atoms with Gasteiger partial charge in [-0.2, -0.15) is 0 Å². The van der Waals surface area contributed by atoms with Crippen molar-refractivity contribution < 1.29 is 17.9 Å². The molecule has 0 aliphatic heterocycles. The summed E-state index contributed by atoms with van der Waals surface area (Å²) in [4.78, 5) is 17.3. The molecule has 0 unspecified atom stereocenters. The molecular weight excluding hydrogens is 428 g/mol. The van der Waals surface area contributed by atoms with Gasteiger partial charge in [0, 0.05) is 32.7 Å². The molecule has 9 heteroatoms. The number of benzene rings is 2. The molecular formula is C23H30N4O4S. The summed E-state index contributed by atoms with van der Waals surface area (Å²) in [5, 5.41) is 2.82. The maximum Gasteiger partial charge on any atom is 0.240 e. The van der Waals surface area contributed by atoms with Crippen LogP contribution in [0, 0.1) is 13.8 Å². The standard InChI is InChI=1S/C23H30N4O4S/c1-4-31-15-7-14-27-20-9-6-5-8-19(20)25-23(27)26-22(28)12-13-24-32(29,30)21-11-10-17(2)16-18(21)3/h5-6,8-11,16,24H,4,7,12-15H2,1-3H3,(H,25,26,28). The lowest BCUT2D eigenvalue weighted by molar-refractivity contribution is -0.116. The Hall–Kier alpha value is -2.75. The lowest BCUT2D eigenvalue weighted by Crippen LogP contribution is -2.28. The van der Waals surface area contributed by atoms with Crippen molar-refractivity contribution in [1.29, 1.82) is 0 Å². The number of carbonyl (C=O) groups excluding carboxylic acids is 1. The number of ether oxygens (including phenoxy) is 1. The number of sulfonamides is 1. The molecule has 8 nitrogen and oxygen atoms in total. The first-order valence-corrected chi connectivity index (χ1v) is 12.2. The molecule has 3 aromatic rings. The van der Waals surface area contributed by atoms with Crippen LogP contribution in [-0.4, -0.2) is 43.6 Å². The number of imidazole rings is 1. The summed E-state index contributed by atoms with van der Waals surface area (Å²) in [6, 6.07) is 12.8. The van der Waals surface area contributed by atoms with E-state index in [0.29, 0.717) is 31.3 Å². The maximum absolute atomic E-state index is 12.6. The molecule has 0 aliphatic rings. The summed E-state index contributed by atoms with van der Waals surface area (Å²) in [6.45, 7) is 7.53. The van der Waals surface area contributed by atoms with Gasteiger partial charge in [-0.05, 0) is 51.0 Å². The van der Waals surface area contributed by atoms with E-state index in [1.54, 1.807) is 19.1 Å². The zero-order valence-electron chi connectivity index (χ0n) is 18.7. The zero-order chi connectivity index (χ0) is 23.1. The van der Waals surface area contributed by atoms with Crippen LogP contribution in [0.1, 0.15) is 30.9 Å². The molecule has 0 spiro atoms.